The SMILES string of the molecule is Cl.NC(C(=O)Nc1cn[nH]c1)C1CCOCC1. The summed E-state index contributed by atoms with van der Waals surface area (Å²) in [5.74, 6) is 0.0500. The first-order chi connectivity index (χ1) is 7.77. The molecule has 0 bridgehead atoms. The number of nitrogens with zero attached hydrogens (tertiary/aromatic N) is 1. The van der Waals surface area contributed by atoms with Gasteiger partial charge in [0.15, 0.2) is 0 Å². The number of nitrogens with two attached hydrogens (primary N) is 1. The summed E-state index contributed by atoms with van der Waals surface area (Å²) >= 11 is 0. The molecule has 1 saturated heterocycles. The summed E-state index contributed by atoms with van der Waals surface area (Å²) < 4.78 is 5.23. The van der Waals surface area contributed by atoms with Crippen molar-refractivity contribution in [3.8, 4) is 0 Å². The second-order valence-electron chi connectivity index (χ2n) is 3.95. The topological polar surface area (TPSA) is 93.0 Å². The van der Waals surface area contributed by atoms with E-state index in [1.165, 1.54) is 0 Å². The standard InChI is InChI=1S/C10H16N4O2.ClH/c11-9(7-1-3-16-4-2-7)10(15)14-8-5-12-13-6-8;/h5-7,9H,1-4,11H2,(H,12,13)(H,14,15);1H. The van der Waals surface area contributed by atoms with Gasteiger partial charge in [0.25, 0.3) is 0 Å². The summed E-state index contributed by atoms with van der Waals surface area (Å²) in [5, 5.41) is 9.10. The van der Waals surface area contributed by atoms with Crippen LogP contribution in [-0.4, -0.2) is 35.4 Å². The zero-order valence-electron chi connectivity index (χ0n) is 9.39. The molecule has 1 unspecified atom stereocenters. The summed E-state index contributed by atoms with van der Waals surface area (Å²) in [6, 6.07) is -0.473. The zero-order chi connectivity index (χ0) is 11.4. The number of aromatic nitrogens is 2. The molecule has 96 valence electrons. The average molecular weight is 261 g/mol. The largest absolute Gasteiger partial charge is 0.381 e. The molecule has 0 radical (unpaired) electrons. The van der Waals surface area contributed by atoms with E-state index in [-0.39, 0.29) is 24.2 Å². The van der Waals surface area contributed by atoms with E-state index >= 15 is 0 Å². The van der Waals surface area contributed by atoms with Crippen molar-refractivity contribution in [1.82, 2.24) is 10.2 Å². The molecule has 1 fully saturated rings. The number of anilines is 1. The predicted octanol–water partition coefficient (Wildman–Crippen LogP) is 0.524. The number of hydrogen-bond acceptors (Lipinski definition) is 4. The second kappa shape index (κ2) is 6.58. The first-order valence-corrected chi connectivity index (χ1v) is 5.40. The van der Waals surface area contributed by atoms with E-state index in [0.717, 1.165) is 12.8 Å². The van der Waals surface area contributed by atoms with Gasteiger partial charge >= 0.3 is 0 Å². The lowest BCUT2D eigenvalue weighted by Gasteiger charge is -2.26. The molecule has 1 aromatic heterocycles. The first-order valence-electron chi connectivity index (χ1n) is 5.40. The second-order valence-corrected chi connectivity index (χ2v) is 3.95. The molecule has 7 heteroatoms. The number of nitrogens with one attached hydrogen (secondary N) is 2. The highest BCUT2D eigenvalue weighted by Gasteiger charge is 2.26. The fourth-order valence-corrected chi connectivity index (χ4v) is 1.83. The van der Waals surface area contributed by atoms with Gasteiger partial charge in [-0.15, -0.1) is 12.4 Å². The van der Waals surface area contributed by atoms with Crippen LogP contribution in [-0.2, 0) is 9.53 Å². The molecule has 1 aliphatic heterocycles. The molecular weight excluding hydrogens is 244 g/mol. The molecule has 0 aromatic carbocycles. The van der Waals surface area contributed by atoms with Gasteiger partial charge in [0.2, 0.25) is 5.91 Å². The van der Waals surface area contributed by atoms with Gasteiger partial charge < -0.3 is 15.8 Å². The Hall–Kier alpha value is -1.11. The Labute approximate surface area is 106 Å². The van der Waals surface area contributed by atoms with Crippen molar-refractivity contribution in [3.63, 3.8) is 0 Å². The van der Waals surface area contributed by atoms with E-state index in [2.05, 4.69) is 15.5 Å². The van der Waals surface area contributed by atoms with Gasteiger partial charge in [0.05, 0.1) is 17.9 Å². The Kier molecular flexibility index (Phi) is 5.40. The third kappa shape index (κ3) is 3.69. The molecule has 6 nitrogen and oxygen atoms in total. The highest BCUT2D eigenvalue weighted by Crippen LogP contribution is 2.18. The molecule has 0 saturated carbocycles. The zero-order valence-corrected chi connectivity index (χ0v) is 10.2. The summed E-state index contributed by atoms with van der Waals surface area (Å²) in [6.07, 6.45) is 4.86. The van der Waals surface area contributed by atoms with Crippen molar-refractivity contribution in [2.24, 2.45) is 11.7 Å². The van der Waals surface area contributed by atoms with Crippen LogP contribution in [0, 0.1) is 5.92 Å². The average Bonchev–Trinajstić information content (AvgIpc) is 2.82. The van der Waals surface area contributed by atoms with Crippen molar-refractivity contribution in [2.45, 2.75) is 18.9 Å². The van der Waals surface area contributed by atoms with Gasteiger partial charge in [-0.25, -0.2) is 0 Å². The minimum atomic E-state index is -0.473. The van der Waals surface area contributed by atoms with E-state index in [0.29, 0.717) is 18.9 Å². The number of ether oxygens (including phenoxy) is 1. The molecule has 1 aromatic rings. The van der Waals surface area contributed by atoms with Crippen LogP contribution in [0.5, 0.6) is 0 Å². The number of hydrogen-bond donors (Lipinski definition) is 3. The predicted molar refractivity (Wildman–Crippen MR) is 66.0 cm³/mol. The smallest absolute Gasteiger partial charge is 0.241 e. The Morgan fingerprint density at radius 3 is 2.88 bits per heavy atom. The van der Waals surface area contributed by atoms with E-state index in [9.17, 15) is 4.79 Å². The van der Waals surface area contributed by atoms with Gasteiger partial charge in [-0.2, -0.15) is 5.10 Å². The number of amides is 1. The third-order valence-electron chi connectivity index (χ3n) is 2.84. The molecule has 2 rings (SSSR count). The maximum absolute atomic E-state index is 11.8. The van der Waals surface area contributed by atoms with Gasteiger partial charge in [-0.05, 0) is 18.8 Å². The molecular formula is C10H17ClN4O2. The minimum absolute atomic E-state index is 0. The van der Waals surface area contributed by atoms with E-state index in [1.54, 1.807) is 12.4 Å². The summed E-state index contributed by atoms with van der Waals surface area (Å²) in [4.78, 5) is 11.8. The molecule has 0 spiro atoms. The number of carbonyl (C=O) groups excluding carboxylic acids is 1. The summed E-state index contributed by atoms with van der Waals surface area (Å²) in [6.45, 7) is 1.38. The third-order valence-corrected chi connectivity index (χ3v) is 2.84. The van der Waals surface area contributed by atoms with E-state index in [4.69, 9.17) is 10.5 Å². The lowest BCUT2D eigenvalue weighted by molar-refractivity contribution is -0.119. The van der Waals surface area contributed by atoms with Crippen LogP contribution < -0.4 is 11.1 Å². The molecule has 4 N–H and O–H groups in total. The first kappa shape index (κ1) is 14.0. The summed E-state index contributed by atoms with van der Waals surface area (Å²) in [5.41, 5.74) is 6.56. The number of halogens is 1. The number of carbonyl (C=O) groups is 1. The highest BCUT2D eigenvalue weighted by molar-refractivity contribution is 5.94. The Morgan fingerprint density at radius 1 is 1.59 bits per heavy atom. The highest BCUT2D eigenvalue weighted by atomic mass is 35.5. The van der Waals surface area contributed by atoms with Crippen molar-refractivity contribution in [1.29, 1.82) is 0 Å². The minimum Gasteiger partial charge on any atom is -0.381 e. The molecule has 2 heterocycles. The van der Waals surface area contributed by atoms with Gasteiger partial charge in [0.1, 0.15) is 0 Å². The van der Waals surface area contributed by atoms with Crippen LogP contribution in [0.2, 0.25) is 0 Å². The van der Waals surface area contributed by atoms with Crippen molar-refractivity contribution in [3.05, 3.63) is 12.4 Å². The number of rotatable bonds is 3. The van der Waals surface area contributed by atoms with Crippen LogP contribution in [0.3, 0.4) is 0 Å². The number of aromatic amines is 1. The Morgan fingerprint density at radius 2 is 2.29 bits per heavy atom. The number of H-pyrrole nitrogens is 1. The van der Waals surface area contributed by atoms with E-state index < -0.39 is 6.04 Å². The van der Waals surface area contributed by atoms with Crippen molar-refractivity contribution < 1.29 is 9.53 Å². The van der Waals surface area contributed by atoms with Crippen molar-refractivity contribution >= 4 is 24.0 Å². The fraction of sp³-hybridized carbons (Fsp3) is 0.600. The maximum atomic E-state index is 11.8. The lowest BCUT2D eigenvalue weighted by Crippen LogP contribution is -2.43. The fourth-order valence-electron chi connectivity index (χ4n) is 1.83. The van der Waals surface area contributed by atoms with Gasteiger partial charge in [-0.1, -0.05) is 0 Å². The monoisotopic (exact) mass is 260 g/mol. The quantitative estimate of drug-likeness (QED) is 0.739. The molecule has 0 aliphatic carbocycles. The van der Waals surface area contributed by atoms with Crippen LogP contribution in [0.25, 0.3) is 0 Å². The van der Waals surface area contributed by atoms with Crippen LogP contribution >= 0.6 is 12.4 Å². The molecule has 1 aliphatic rings. The van der Waals surface area contributed by atoms with E-state index in [1.807, 2.05) is 0 Å². The Balaban J connectivity index is 0.00000144. The van der Waals surface area contributed by atoms with Crippen LogP contribution in [0.1, 0.15) is 12.8 Å². The Bertz CT molecular complexity index is 338. The maximum Gasteiger partial charge on any atom is 0.241 e. The molecule has 17 heavy (non-hydrogen) atoms. The molecule has 1 atom stereocenters. The van der Waals surface area contributed by atoms with Crippen molar-refractivity contribution in [2.75, 3.05) is 18.5 Å². The molecule has 1 amide bonds. The summed E-state index contributed by atoms with van der Waals surface area (Å²) in [7, 11) is 0. The van der Waals surface area contributed by atoms with Gasteiger partial charge in [-0.3, -0.25) is 9.89 Å². The van der Waals surface area contributed by atoms with Crippen LogP contribution in [0.4, 0.5) is 5.69 Å². The van der Waals surface area contributed by atoms with Crippen LogP contribution in [0.15, 0.2) is 12.4 Å². The van der Waals surface area contributed by atoms with Gasteiger partial charge in [0, 0.05) is 19.4 Å². The normalized spacial score (nSPS) is 18.2. The lowest BCUT2D eigenvalue weighted by atomic mass is 9.92.